The third-order valence-corrected chi connectivity index (χ3v) is 7.01. The molecule has 1 atom stereocenters. The zero-order chi connectivity index (χ0) is 13.0. The summed E-state index contributed by atoms with van der Waals surface area (Å²) in [5, 5.41) is 0. The summed E-state index contributed by atoms with van der Waals surface area (Å²) in [5.74, 6) is 5.38. The summed E-state index contributed by atoms with van der Waals surface area (Å²) in [7, 11) is 0. The van der Waals surface area contributed by atoms with Crippen molar-refractivity contribution < 1.29 is 0 Å². The van der Waals surface area contributed by atoms with Crippen LogP contribution < -0.4 is 5.73 Å². The molecule has 1 heterocycles. The minimum absolute atomic E-state index is 0.474. The first-order valence-electron chi connectivity index (χ1n) is 8.70. The predicted octanol–water partition coefficient (Wildman–Crippen LogP) is 2.87. The minimum atomic E-state index is 0.474. The van der Waals surface area contributed by atoms with Crippen molar-refractivity contribution in [2.45, 2.75) is 64.0 Å². The van der Waals surface area contributed by atoms with Gasteiger partial charge in [-0.1, -0.05) is 0 Å². The molecule has 0 radical (unpaired) electrons. The number of hydrogen-bond donors (Lipinski definition) is 1. The Balaban J connectivity index is 1.46. The number of piperidine rings is 1. The van der Waals surface area contributed by atoms with Crippen molar-refractivity contribution in [3.63, 3.8) is 0 Å². The van der Waals surface area contributed by atoms with Gasteiger partial charge in [-0.05, 0) is 94.5 Å². The molecule has 4 aliphatic carbocycles. The first kappa shape index (κ1) is 12.6. The second-order valence-electron chi connectivity index (χ2n) is 8.12. The molecule has 4 bridgehead atoms. The second-order valence-corrected chi connectivity index (χ2v) is 8.12. The third kappa shape index (κ3) is 2.15. The average Bonchev–Trinajstić information content (AvgIpc) is 2.38. The van der Waals surface area contributed by atoms with E-state index in [0.29, 0.717) is 6.04 Å². The Morgan fingerprint density at radius 2 is 1.42 bits per heavy atom. The second kappa shape index (κ2) is 4.73. The van der Waals surface area contributed by atoms with Crippen LogP contribution in [0.5, 0.6) is 0 Å². The van der Waals surface area contributed by atoms with Crippen molar-refractivity contribution in [2.75, 3.05) is 13.1 Å². The van der Waals surface area contributed by atoms with Crippen LogP contribution in [0.2, 0.25) is 0 Å². The zero-order valence-corrected chi connectivity index (χ0v) is 12.4. The quantitative estimate of drug-likeness (QED) is 0.829. The van der Waals surface area contributed by atoms with Gasteiger partial charge < -0.3 is 10.6 Å². The Kier molecular flexibility index (Phi) is 3.15. The Hall–Kier alpha value is -0.0800. The molecule has 0 aromatic carbocycles. The van der Waals surface area contributed by atoms with Crippen LogP contribution in [0.25, 0.3) is 0 Å². The molecule has 108 valence electrons. The summed E-state index contributed by atoms with van der Waals surface area (Å²) >= 11 is 0. The molecular formula is C17H30N2. The highest BCUT2D eigenvalue weighted by molar-refractivity contribution is 5.01. The van der Waals surface area contributed by atoms with Gasteiger partial charge in [0.2, 0.25) is 0 Å². The summed E-state index contributed by atoms with van der Waals surface area (Å²) in [6.45, 7) is 5.04. The highest BCUT2D eigenvalue weighted by atomic mass is 15.2. The van der Waals surface area contributed by atoms with Crippen molar-refractivity contribution in [2.24, 2.45) is 35.3 Å². The molecule has 5 aliphatic rings. The molecule has 2 nitrogen and oxygen atoms in total. The van der Waals surface area contributed by atoms with Crippen LogP contribution in [0.3, 0.4) is 0 Å². The van der Waals surface area contributed by atoms with Gasteiger partial charge in [0.25, 0.3) is 0 Å². The molecule has 1 unspecified atom stereocenters. The SMILES string of the molecule is CC(C1C2CC3CC(C2)CC1C3)N1CCC(N)CC1. The molecular weight excluding hydrogens is 232 g/mol. The lowest BCUT2D eigenvalue weighted by Gasteiger charge is -2.57. The first-order chi connectivity index (χ1) is 9.20. The van der Waals surface area contributed by atoms with Crippen LogP contribution in [0, 0.1) is 29.6 Å². The molecule has 1 saturated heterocycles. The fourth-order valence-electron chi connectivity index (χ4n) is 6.33. The number of nitrogens with two attached hydrogens (primary N) is 1. The molecule has 0 amide bonds. The van der Waals surface area contributed by atoms with Gasteiger partial charge in [0.15, 0.2) is 0 Å². The number of rotatable bonds is 2. The smallest absolute Gasteiger partial charge is 0.0100 e. The third-order valence-electron chi connectivity index (χ3n) is 7.01. The van der Waals surface area contributed by atoms with Gasteiger partial charge in [0.1, 0.15) is 0 Å². The van der Waals surface area contributed by atoms with Crippen LogP contribution in [-0.2, 0) is 0 Å². The number of hydrogen-bond acceptors (Lipinski definition) is 2. The maximum Gasteiger partial charge on any atom is 0.0100 e. The molecule has 0 spiro atoms. The Labute approximate surface area is 118 Å². The molecule has 5 rings (SSSR count). The van der Waals surface area contributed by atoms with E-state index < -0.39 is 0 Å². The highest BCUT2D eigenvalue weighted by Gasteiger charge is 2.50. The topological polar surface area (TPSA) is 29.3 Å². The summed E-state index contributed by atoms with van der Waals surface area (Å²) in [4.78, 5) is 2.77. The van der Waals surface area contributed by atoms with E-state index in [-0.39, 0.29) is 0 Å². The van der Waals surface area contributed by atoms with Crippen LogP contribution in [0.15, 0.2) is 0 Å². The maximum atomic E-state index is 6.06. The summed E-state index contributed by atoms with van der Waals surface area (Å²) < 4.78 is 0. The lowest BCUT2D eigenvalue weighted by molar-refractivity contribution is -0.0731. The van der Waals surface area contributed by atoms with E-state index in [1.165, 1.54) is 25.9 Å². The minimum Gasteiger partial charge on any atom is -0.328 e. The van der Waals surface area contributed by atoms with Crippen LogP contribution in [-0.4, -0.2) is 30.1 Å². The van der Waals surface area contributed by atoms with Gasteiger partial charge in [0.05, 0.1) is 0 Å². The maximum absolute atomic E-state index is 6.06. The van der Waals surface area contributed by atoms with Crippen LogP contribution >= 0.6 is 0 Å². The van der Waals surface area contributed by atoms with Crippen molar-refractivity contribution in [3.8, 4) is 0 Å². The van der Waals surface area contributed by atoms with E-state index in [1.807, 2.05) is 0 Å². The summed E-state index contributed by atoms with van der Waals surface area (Å²) in [5.41, 5.74) is 6.06. The van der Waals surface area contributed by atoms with E-state index in [9.17, 15) is 0 Å². The molecule has 0 aromatic rings. The molecule has 4 saturated carbocycles. The van der Waals surface area contributed by atoms with Crippen molar-refractivity contribution in [1.82, 2.24) is 4.90 Å². The molecule has 0 aromatic heterocycles. The summed E-state index contributed by atoms with van der Waals surface area (Å²) in [6.07, 6.45) is 10.3. The number of nitrogens with zero attached hydrogens (tertiary/aromatic N) is 1. The van der Waals surface area contributed by atoms with Gasteiger partial charge >= 0.3 is 0 Å². The fourth-order valence-corrected chi connectivity index (χ4v) is 6.33. The van der Waals surface area contributed by atoms with Crippen molar-refractivity contribution in [3.05, 3.63) is 0 Å². The van der Waals surface area contributed by atoms with E-state index in [4.69, 9.17) is 5.73 Å². The Morgan fingerprint density at radius 1 is 0.895 bits per heavy atom. The van der Waals surface area contributed by atoms with E-state index in [1.54, 1.807) is 32.1 Å². The van der Waals surface area contributed by atoms with E-state index >= 15 is 0 Å². The van der Waals surface area contributed by atoms with Gasteiger partial charge in [-0.25, -0.2) is 0 Å². The first-order valence-corrected chi connectivity index (χ1v) is 8.70. The highest BCUT2D eigenvalue weighted by Crippen LogP contribution is 2.57. The lowest BCUT2D eigenvalue weighted by atomic mass is 9.50. The largest absolute Gasteiger partial charge is 0.328 e. The molecule has 2 N–H and O–H groups in total. The molecule has 19 heavy (non-hydrogen) atoms. The standard InChI is InChI=1S/C17H30N2/c1-11(19-4-2-16(18)3-5-19)17-14-7-12-6-13(9-14)10-15(17)8-12/h11-17H,2-10,18H2,1H3. The van der Waals surface area contributed by atoms with Gasteiger partial charge in [-0.2, -0.15) is 0 Å². The van der Waals surface area contributed by atoms with Gasteiger partial charge in [0, 0.05) is 12.1 Å². The van der Waals surface area contributed by atoms with Gasteiger partial charge in [-0.3, -0.25) is 0 Å². The predicted molar refractivity (Wildman–Crippen MR) is 78.8 cm³/mol. The van der Waals surface area contributed by atoms with Crippen LogP contribution in [0.4, 0.5) is 0 Å². The van der Waals surface area contributed by atoms with Crippen LogP contribution in [0.1, 0.15) is 51.9 Å². The normalized spacial score (nSPS) is 48.6. The molecule has 5 fully saturated rings. The lowest BCUT2D eigenvalue weighted by Crippen LogP contribution is -2.55. The van der Waals surface area contributed by atoms with Crippen molar-refractivity contribution >= 4 is 0 Å². The van der Waals surface area contributed by atoms with Crippen molar-refractivity contribution in [1.29, 1.82) is 0 Å². The Bertz CT molecular complexity index is 304. The number of likely N-dealkylation sites (tertiary alicyclic amines) is 1. The van der Waals surface area contributed by atoms with E-state index in [0.717, 1.165) is 35.6 Å². The van der Waals surface area contributed by atoms with Gasteiger partial charge in [-0.15, -0.1) is 0 Å². The van der Waals surface area contributed by atoms with E-state index in [2.05, 4.69) is 11.8 Å². The molecule has 2 heteroatoms. The summed E-state index contributed by atoms with van der Waals surface area (Å²) in [6, 6.07) is 1.30. The zero-order valence-electron chi connectivity index (χ0n) is 12.4. The fraction of sp³-hybridized carbons (Fsp3) is 1.00. The Morgan fingerprint density at radius 3 is 1.95 bits per heavy atom. The monoisotopic (exact) mass is 262 g/mol. The molecule has 1 aliphatic heterocycles. The average molecular weight is 262 g/mol.